The van der Waals surface area contributed by atoms with E-state index in [2.05, 4.69) is 36.6 Å². The lowest BCUT2D eigenvalue weighted by Gasteiger charge is -2.28. The van der Waals surface area contributed by atoms with Gasteiger partial charge in [-0.1, -0.05) is 26.0 Å². The van der Waals surface area contributed by atoms with Crippen molar-refractivity contribution >= 4 is 17.5 Å². The molecule has 0 aromatic heterocycles. The van der Waals surface area contributed by atoms with Gasteiger partial charge in [0.15, 0.2) is 0 Å². The first kappa shape index (κ1) is 15.5. The molecule has 2 rings (SSSR count). The second-order valence-corrected chi connectivity index (χ2v) is 5.33. The van der Waals surface area contributed by atoms with Crippen molar-refractivity contribution < 1.29 is 9.59 Å². The fourth-order valence-corrected chi connectivity index (χ4v) is 2.55. The highest BCUT2D eigenvalue weighted by molar-refractivity contribution is 6.02. The average molecular weight is 289 g/mol. The van der Waals surface area contributed by atoms with Crippen molar-refractivity contribution in [3.05, 3.63) is 29.8 Å². The fourth-order valence-electron chi connectivity index (χ4n) is 2.55. The van der Waals surface area contributed by atoms with Crippen molar-refractivity contribution in [1.29, 1.82) is 0 Å². The summed E-state index contributed by atoms with van der Waals surface area (Å²) in [6, 6.07) is 8.46. The Morgan fingerprint density at radius 3 is 2.29 bits per heavy atom. The second kappa shape index (κ2) is 7.22. The van der Waals surface area contributed by atoms with Crippen molar-refractivity contribution in [2.75, 3.05) is 24.5 Å². The summed E-state index contributed by atoms with van der Waals surface area (Å²) in [6.45, 7) is 5.78. The number of piperazine rings is 1. The number of anilines is 1. The first-order chi connectivity index (χ1) is 10.1. The molecule has 1 heterocycles. The highest BCUT2D eigenvalue weighted by atomic mass is 16.2. The summed E-state index contributed by atoms with van der Waals surface area (Å²) in [5.74, 6) is -0.488. The van der Waals surface area contributed by atoms with Gasteiger partial charge in [0.2, 0.25) is 11.8 Å². The molecule has 5 heteroatoms. The number of benzene rings is 1. The van der Waals surface area contributed by atoms with Gasteiger partial charge in [-0.3, -0.25) is 14.9 Å². The van der Waals surface area contributed by atoms with Gasteiger partial charge in [0.25, 0.3) is 0 Å². The average Bonchev–Trinajstić information content (AvgIpc) is 2.47. The molecule has 0 radical (unpaired) electrons. The number of rotatable bonds is 6. The Morgan fingerprint density at radius 2 is 1.76 bits per heavy atom. The molecule has 1 saturated heterocycles. The third kappa shape index (κ3) is 4.04. The van der Waals surface area contributed by atoms with E-state index in [1.807, 2.05) is 12.1 Å². The summed E-state index contributed by atoms with van der Waals surface area (Å²) in [4.78, 5) is 24.6. The highest BCUT2D eigenvalue weighted by Gasteiger charge is 2.22. The van der Waals surface area contributed by atoms with Gasteiger partial charge in [-0.05, 0) is 37.1 Å². The zero-order valence-corrected chi connectivity index (χ0v) is 12.7. The largest absolute Gasteiger partial charge is 0.353 e. The zero-order valence-electron chi connectivity index (χ0n) is 12.7. The van der Waals surface area contributed by atoms with Crippen LogP contribution in [0.3, 0.4) is 0 Å². The Morgan fingerprint density at radius 1 is 1.14 bits per heavy atom. The first-order valence-electron chi connectivity index (χ1n) is 7.55. The highest BCUT2D eigenvalue weighted by Crippen LogP contribution is 2.21. The number of amides is 2. The summed E-state index contributed by atoms with van der Waals surface area (Å²) < 4.78 is 0. The number of nitrogens with one attached hydrogen (secondary N) is 2. The summed E-state index contributed by atoms with van der Waals surface area (Å²) in [5.41, 5.74) is 2.15. The third-order valence-electron chi connectivity index (χ3n) is 3.66. The molecule has 1 unspecified atom stereocenters. The monoisotopic (exact) mass is 289 g/mol. The van der Waals surface area contributed by atoms with Crippen LogP contribution in [-0.2, 0) is 9.59 Å². The summed E-state index contributed by atoms with van der Waals surface area (Å²) >= 11 is 0. The molecule has 0 saturated carbocycles. The molecule has 1 aliphatic heterocycles. The lowest BCUT2D eigenvalue weighted by molar-refractivity contribution is -0.130. The van der Waals surface area contributed by atoms with E-state index in [9.17, 15) is 9.59 Å². The van der Waals surface area contributed by atoms with Crippen molar-refractivity contribution in [3.63, 3.8) is 0 Å². The third-order valence-corrected chi connectivity index (χ3v) is 3.66. The molecule has 1 fully saturated rings. The van der Waals surface area contributed by atoms with Crippen LogP contribution < -0.4 is 15.5 Å². The van der Waals surface area contributed by atoms with Crippen LogP contribution in [0.1, 0.15) is 38.3 Å². The molecule has 5 nitrogen and oxygen atoms in total. The normalized spacial score (nSPS) is 16.8. The maximum Gasteiger partial charge on any atom is 0.246 e. The maximum atomic E-state index is 11.4. The van der Waals surface area contributed by atoms with Crippen LogP contribution in [0.25, 0.3) is 0 Å². The Hall–Kier alpha value is -1.88. The van der Waals surface area contributed by atoms with Gasteiger partial charge < -0.3 is 10.2 Å². The molecule has 1 aromatic carbocycles. The van der Waals surface area contributed by atoms with E-state index in [0.29, 0.717) is 6.04 Å². The second-order valence-electron chi connectivity index (χ2n) is 5.33. The SMILES string of the molecule is CCCNC(CC)c1ccc(N2CC(=O)NC(=O)C2)cc1. The number of hydrogen-bond acceptors (Lipinski definition) is 4. The topological polar surface area (TPSA) is 61.4 Å². The molecule has 1 aliphatic rings. The first-order valence-corrected chi connectivity index (χ1v) is 7.55. The number of carbonyl (C=O) groups excluding carboxylic acids is 2. The quantitative estimate of drug-likeness (QED) is 0.781. The Bertz CT molecular complexity index is 483. The van der Waals surface area contributed by atoms with Crippen LogP contribution in [0.15, 0.2) is 24.3 Å². The lowest BCUT2D eigenvalue weighted by atomic mass is 10.0. The molecule has 2 amide bonds. The molecular formula is C16H23N3O2. The van der Waals surface area contributed by atoms with E-state index >= 15 is 0 Å². The van der Waals surface area contributed by atoms with Gasteiger partial charge in [-0.15, -0.1) is 0 Å². The van der Waals surface area contributed by atoms with Crippen LogP contribution >= 0.6 is 0 Å². The van der Waals surface area contributed by atoms with Crippen molar-refractivity contribution in [3.8, 4) is 0 Å². The number of carbonyl (C=O) groups is 2. The Labute approximate surface area is 125 Å². The van der Waals surface area contributed by atoms with E-state index in [-0.39, 0.29) is 24.9 Å². The molecule has 0 bridgehead atoms. The molecule has 1 atom stereocenters. The Balaban J connectivity index is 2.07. The number of nitrogens with zero attached hydrogens (tertiary/aromatic N) is 1. The molecule has 2 N–H and O–H groups in total. The van der Waals surface area contributed by atoms with Gasteiger partial charge in [0, 0.05) is 11.7 Å². The summed E-state index contributed by atoms with van der Waals surface area (Å²) in [6.07, 6.45) is 2.14. The predicted octanol–water partition coefficient (Wildman–Crippen LogP) is 1.60. The summed E-state index contributed by atoms with van der Waals surface area (Å²) in [5, 5.41) is 5.83. The summed E-state index contributed by atoms with van der Waals surface area (Å²) in [7, 11) is 0. The van der Waals surface area contributed by atoms with Crippen molar-refractivity contribution in [2.24, 2.45) is 0 Å². The molecule has 114 valence electrons. The van der Waals surface area contributed by atoms with Crippen LogP contribution in [0.5, 0.6) is 0 Å². The zero-order chi connectivity index (χ0) is 15.2. The van der Waals surface area contributed by atoms with Crippen molar-refractivity contribution in [1.82, 2.24) is 10.6 Å². The van der Waals surface area contributed by atoms with Crippen molar-refractivity contribution in [2.45, 2.75) is 32.7 Å². The van der Waals surface area contributed by atoms with E-state index < -0.39 is 0 Å². The fraction of sp³-hybridized carbons (Fsp3) is 0.500. The number of imide groups is 1. The van der Waals surface area contributed by atoms with Gasteiger partial charge in [0.1, 0.15) is 0 Å². The van der Waals surface area contributed by atoms with Crippen LogP contribution in [0.2, 0.25) is 0 Å². The molecule has 0 aliphatic carbocycles. The van der Waals surface area contributed by atoms with Crippen LogP contribution in [-0.4, -0.2) is 31.4 Å². The lowest BCUT2D eigenvalue weighted by Crippen LogP contribution is -2.51. The van der Waals surface area contributed by atoms with E-state index in [0.717, 1.165) is 25.1 Å². The van der Waals surface area contributed by atoms with Gasteiger partial charge in [-0.2, -0.15) is 0 Å². The van der Waals surface area contributed by atoms with Crippen LogP contribution in [0, 0.1) is 0 Å². The molecule has 21 heavy (non-hydrogen) atoms. The van der Waals surface area contributed by atoms with Gasteiger partial charge in [-0.25, -0.2) is 0 Å². The predicted molar refractivity (Wildman–Crippen MR) is 83.1 cm³/mol. The maximum absolute atomic E-state index is 11.4. The standard InChI is InChI=1S/C16H23N3O2/c1-3-9-17-14(4-2)12-5-7-13(8-6-12)19-10-15(20)18-16(21)11-19/h5-8,14,17H,3-4,9-11H2,1-2H3,(H,18,20,21). The van der Waals surface area contributed by atoms with Gasteiger partial charge in [0.05, 0.1) is 13.1 Å². The van der Waals surface area contributed by atoms with Gasteiger partial charge >= 0.3 is 0 Å². The van der Waals surface area contributed by atoms with E-state index in [1.165, 1.54) is 5.56 Å². The smallest absolute Gasteiger partial charge is 0.246 e. The van der Waals surface area contributed by atoms with E-state index in [1.54, 1.807) is 4.90 Å². The number of hydrogen-bond donors (Lipinski definition) is 2. The minimum absolute atomic E-state index is 0.233. The Kier molecular flexibility index (Phi) is 5.33. The minimum Gasteiger partial charge on any atom is -0.353 e. The molecular weight excluding hydrogens is 266 g/mol. The molecule has 0 spiro atoms. The van der Waals surface area contributed by atoms with Crippen LogP contribution in [0.4, 0.5) is 5.69 Å². The van der Waals surface area contributed by atoms with E-state index in [4.69, 9.17) is 0 Å². The minimum atomic E-state index is -0.244. The molecule has 1 aromatic rings.